The number of ether oxygens (including phenoxy) is 2. The number of hydrogen-bond donors (Lipinski definition) is 0. The SMILES string of the molecule is COc1ccc2ccc(C)c(OCC(C)C)c2c1. The van der Waals surface area contributed by atoms with Crippen molar-refractivity contribution in [3.8, 4) is 11.5 Å². The molecule has 0 bridgehead atoms. The van der Waals surface area contributed by atoms with Crippen LogP contribution >= 0.6 is 0 Å². The van der Waals surface area contributed by atoms with Crippen molar-refractivity contribution >= 4 is 10.8 Å². The van der Waals surface area contributed by atoms with Crippen LogP contribution in [0.2, 0.25) is 0 Å². The molecular weight excluding hydrogens is 224 g/mol. The van der Waals surface area contributed by atoms with Crippen molar-refractivity contribution in [3.05, 3.63) is 35.9 Å². The molecule has 0 unspecified atom stereocenters. The Bertz CT molecular complexity index is 544. The van der Waals surface area contributed by atoms with Crippen molar-refractivity contribution < 1.29 is 9.47 Å². The zero-order chi connectivity index (χ0) is 13.1. The zero-order valence-corrected chi connectivity index (χ0v) is 11.5. The predicted molar refractivity (Wildman–Crippen MR) is 75.6 cm³/mol. The van der Waals surface area contributed by atoms with Crippen LogP contribution in [0.1, 0.15) is 19.4 Å². The first-order valence-corrected chi connectivity index (χ1v) is 6.32. The summed E-state index contributed by atoms with van der Waals surface area (Å²) in [7, 11) is 1.69. The molecule has 0 saturated carbocycles. The highest BCUT2D eigenvalue weighted by molar-refractivity contribution is 5.90. The van der Waals surface area contributed by atoms with E-state index >= 15 is 0 Å². The Morgan fingerprint density at radius 2 is 1.83 bits per heavy atom. The van der Waals surface area contributed by atoms with Gasteiger partial charge in [-0.1, -0.05) is 32.0 Å². The van der Waals surface area contributed by atoms with Gasteiger partial charge >= 0.3 is 0 Å². The van der Waals surface area contributed by atoms with Gasteiger partial charge in [-0.05, 0) is 35.9 Å². The number of methoxy groups -OCH3 is 1. The summed E-state index contributed by atoms with van der Waals surface area (Å²) >= 11 is 0. The molecule has 96 valence electrons. The van der Waals surface area contributed by atoms with Gasteiger partial charge in [0.2, 0.25) is 0 Å². The van der Waals surface area contributed by atoms with Crippen LogP contribution in [0.25, 0.3) is 10.8 Å². The van der Waals surface area contributed by atoms with Crippen LogP contribution < -0.4 is 9.47 Å². The minimum Gasteiger partial charge on any atom is -0.497 e. The van der Waals surface area contributed by atoms with Gasteiger partial charge in [0.15, 0.2) is 0 Å². The molecule has 0 spiro atoms. The summed E-state index contributed by atoms with van der Waals surface area (Å²) in [5.41, 5.74) is 1.16. The second-order valence-corrected chi connectivity index (χ2v) is 5.00. The van der Waals surface area contributed by atoms with Crippen LogP contribution in [-0.2, 0) is 0 Å². The summed E-state index contributed by atoms with van der Waals surface area (Å²) in [6.07, 6.45) is 0. The van der Waals surface area contributed by atoms with Crippen LogP contribution in [0.4, 0.5) is 0 Å². The second-order valence-electron chi connectivity index (χ2n) is 5.00. The van der Waals surface area contributed by atoms with Crippen molar-refractivity contribution in [1.29, 1.82) is 0 Å². The van der Waals surface area contributed by atoms with Crippen LogP contribution in [0.3, 0.4) is 0 Å². The first kappa shape index (κ1) is 12.7. The fraction of sp³-hybridized carbons (Fsp3) is 0.375. The van der Waals surface area contributed by atoms with E-state index in [1.54, 1.807) is 7.11 Å². The summed E-state index contributed by atoms with van der Waals surface area (Å²) in [6.45, 7) is 7.12. The Kier molecular flexibility index (Phi) is 3.75. The first-order chi connectivity index (χ1) is 8.61. The molecular formula is C16H20O2. The largest absolute Gasteiger partial charge is 0.497 e. The maximum Gasteiger partial charge on any atom is 0.130 e. The van der Waals surface area contributed by atoms with Crippen LogP contribution in [0.15, 0.2) is 30.3 Å². The van der Waals surface area contributed by atoms with Crippen molar-refractivity contribution in [2.45, 2.75) is 20.8 Å². The van der Waals surface area contributed by atoms with E-state index < -0.39 is 0 Å². The molecule has 0 radical (unpaired) electrons. The normalized spacial score (nSPS) is 10.9. The highest BCUT2D eigenvalue weighted by Crippen LogP contribution is 2.32. The smallest absolute Gasteiger partial charge is 0.130 e. The molecule has 2 nitrogen and oxygen atoms in total. The third kappa shape index (κ3) is 2.58. The van der Waals surface area contributed by atoms with E-state index in [4.69, 9.17) is 9.47 Å². The van der Waals surface area contributed by atoms with Crippen molar-refractivity contribution in [1.82, 2.24) is 0 Å². The summed E-state index contributed by atoms with van der Waals surface area (Å²) in [4.78, 5) is 0. The molecule has 0 fully saturated rings. The van der Waals surface area contributed by atoms with Gasteiger partial charge < -0.3 is 9.47 Å². The molecule has 0 N–H and O–H groups in total. The molecule has 2 aromatic carbocycles. The van der Waals surface area contributed by atoms with E-state index in [2.05, 4.69) is 39.0 Å². The van der Waals surface area contributed by atoms with Gasteiger partial charge in [0, 0.05) is 5.39 Å². The molecule has 0 aliphatic carbocycles. The average Bonchev–Trinajstić information content (AvgIpc) is 2.36. The minimum atomic E-state index is 0.519. The van der Waals surface area contributed by atoms with Crippen LogP contribution in [0.5, 0.6) is 11.5 Å². The standard InChI is InChI=1S/C16H20O2/c1-11(2)10-18-16-12(3)5-6-13-7-8-14(17-4)9-15(13)16/h5-9,11H,10H2,1-4H3. The average molecular weight is 244 g/mol. The molecule has 0 atom stereocenters. The lowest BCUT2D eigenvalue weighted by molar-refractivity contribution is 0.272. The maximum atomic E-state index is 5.96. The Hall–Kier alpha value is -1.70. The summed E-state index contributed by atoms with van der Waals surface area (Å²) < 4.78 is 11.2. The fourth-order valence-electron chi connectivity index (χ4n) is 1.95. The Morgan fingerprint density at radius 3 is 2.50 bits per heavy atom. The van der Waals surface area contributed by atoms with Crippen molar-refractivity contribution in [2.75, 3.05) is 13.7 Å². The highest BCUT2D eigenvalue weighted by Gasteiger charge is 2.08. The Labute approximate surface area is 109 Å². The Balaban J connectivity index is 2.49. The summed E-state index contributed by atoms with van der Waals surface area (Å²) in [6, 6.07) is 10.3. The summed E-state index contributed by atoms with van der Waals surface area (Å²) in [5.74, 6) is 2.35. The Morgan fingerprint density at radius 1 is 1.11 bits per heavy atom. The molecule has 18 heavy (non-hydrogen) atoms. The number of rotatable bonds is 4. The highest BCUT2D eigenvalue weighted by atomic mass is 16.5. The summed E-state index contributed by atoms with van der Waals surface area (Å²) in [5, 5.41) is 2.30. The first-order valence-electron chi connectivity index (χ1n) is 6.32. The third-order valence-corrected chi connectivity index (χ3v) is 2.94. The monoisotopic (exact) mass is 244 g/mol. The van der Waals surface area contributed by atoms with E-state index in [0.29, 0.717) is 5.92 Å². The molecule has 2 heteroatoms. The van der Waals surface area contributed by atoms with Gasteiger partial charge in [0.1, 0.15) is 11.5 Å². The van der Waals surface area contributed by atoms with E-state index in [0.717, 1.165) is 29.1 Å². The lowest BCUT2D eigenvalue weighted by atomic mass is 10.1. The van der Waals surface area contributed by atoms with Gasteiger partial charge in [-0.15, -0.1) is 0 Å². The molecule has 0 aliphatic heterocycles. The lowest BCUT2D eigenvalue weighted by Crippen LogP contribution is -2.05. The van der Waals surface area contributed by atoms with Crippen LogP contribution in [-0.4, -0.2) is 13.7 Å². The van der Waals surface area contributed by atoms with Gasteiger partial charge in [-0.3, -0.25) is 0 Å². The van der Waals surface area contributed by atoms with Gasteiger partial charge in [0.25, 0.3) is 0 Å². The van der Waals surface area contributed by atoms with Gasteiger partial charge in [0.05, 0.1) is 13.7 Å². The number of hydrogen-bond acceptors (Lipinski definition) is 2. The molecule has 0 amide bonds. The topological polar surface area (TPSA) is 18.5 Å². The fourth-order valence-corrected chi connectivity index (χ4v) is 1.95. The van der Waals surface area contributed by atoms with Crippen LogP contribution in [0, 0.1) is 12.8 Å². The van der Waals surface area contributed by atoms with E-state index in [-0.39, 0.29) is 0 Å². The molecule has 0 aromatic heterocycles. The van der Waals surface area contributed by atoms with E-state index in [9.17, 15) is 0 Å². The molecule has 2 rings (SSSR count). The molecule has 0 heterocycles. The molecule has 0 saturated heterocycles. The number of benzene rings is 2. The van der Waals surface area contributed by atoms with E-state index in [1.165, 1.54) is 5.39 Å². The minimum absolute atomic E-state index is 0.519. The van der Waals surface area contributed by atoms with Gasteiger partial charge in [-0.2, -0.15) is 0 Å². The number of fused-ring (bicyclic) bond motifs is 1. The second kappa shape index (κ2) is 5.30. The quantitative estimate of drug-likeness (QED) is 0.802. The lowest BCUT2D eigenvalue weighted by Gasteiger charge is -2.14. The zero-order valence-electron chi connectivity index (χ0n) is 11.5. The molecule has 0 aliphatic rings. The van der Waals surface area contributed by atoms with Gasteiger partial charge in [-0.25, -0.2) is 0 Å². The third-order valence-electron chi connectivity index (χ3n) is 2.94. The van der Waals surface area contributed by atoms with Crippen molar-refractivity contribution in [3.63, 3.8) is 0 Å². The molecule has 2 aromatic rings. The number of aryl methyl sites for hydroxylation is 1. The van der Waals surface area contributed by atoms with E-state index in [1.807, 2.05) is 12.1 Å². The van der Waals surface area contributed by atoms with Crippen molar-refractivity contribution in [2.24, 2.45) is 5.92 Å². The maximum absolute atomic E-state index is 5.96. The predicted octanol–water partition coefficient (Wildman–Crippen LogP) is 4.19.